The Hall–Kier alpha value is -3.20. The molecule has 0 aromatic heterocycles. The zero-order valence-corrected chi connectivity index (χ0v) is 17.8. The number of carbonyl (C=O) groups excluding carboxylic acids is 1. The van der Waals surface area contributed by atoms with Gasteiger partial charge in [0.15, 0.2) is 0 Å². The van der Waals surface area contributed by atoms with Crippen molar-refractivity contribution >= 4 is 27.8 Å². The molecule has 9 heteroatoms. The van der Waals surface area contributed by atoms with Crippen LogP contribution in [0.15, 0.2) is 54.6 Å². The largest absolute Gasteiger partial charge is 0.383 e. The molecule has 8 nitrogen and oxygen atoms in total. The molecule has 2 aromatic carbocycles. The van der Waals surface area contributed by atoms with E-state index in [1.54, 1.807) is 47.4 Å². The Balaban J connectivity index is 2.12. The van der Waals surface area contributed by atoms with E-state index in [9.17, 15) is 23.3 Å². The fourth-order valence-electron chi connectivity index (χ4n) is 2.66. The van der Waals surface area contributed by atoms with Crippen molar-refractivity contribution in [1.29, 1.82) is 0 Å². The Morgan fingerprint density at radius 2 is 1.77 bits per heavy atom. The molecule has 2 rings (SSSR count). The molecule has 0 aliphatic carbocycles. The Kier molecular flexibility index (Phi) is 7.71. The number of rotatable bonds is 9. The molecule has 0 spiro atoms. The van der Waals surface area contributed by atoms with Gasteiger partial charge in [0.05, 0.1) is 11.2 Å². The molecule has 1 atom stereocenters. The van der Waals surface area contributed by atoms with E-state index in [0.717, 1.165) is 18.2 Å². The summed E-state index contributed by atoms with van der Waals surface area (Å²) in [6.45, 7) is 4.27. The van der Waals surface area contributed by atoms with Crippen LogP contribution in [0, 0.1) is 10.1 Å². The number of nitrogens with zero attached hydrogens (tertiary/aromatic N) is 2. The molecule has 0 heterocycles. The standard InChI is InChI=1S/C21H24N2O6S/c1-4-16(2)22(15-18-7-12-20(13-8-18)29-30(3,27)28)21(24)14-9-17-5-10-19(11-6-17)23(25)26/h5-14,16H,4,15H2,1-3H3. The summed E-state index contributed by atoms with van der Waals surface area (Å²) in [6, 6.07) is 12.4. The van der Waals surface area contributed by atoms with Crippen molar-refractivity contribution in [3.8, 4) is 5.75 Å². The summed E-state index contributed by atoms with van der Waals surface area (Å²) in [5.74, 6) is 0.0138. The van der Waals surface area contributed by atoms with Gasteiger partial charge in [-0.15, -0.1) is 0 Å². The van der Waals surface area contributed by atoms with Crippen LogP contribution in [-0.2, 0) is 21.5 Å². The van der Waals surface area contributed by atoms with Crippen LogP contribution >= 0.6 is 0 Å². The Morgan fingerprint density at radius 3 is 2.27 bits per heavy atom. The van der Waals surface area contributed by atoms with E-state index >= 15 is 0 Å². The van der Waals surface area contributed by atoms with Gasteiger partial charge in [-0.2, -0.15) is 8.42 Å². The fraction of sp³-hybridized carbons (Fsp3) is 0.286. The van der Waals surface area contributed by atoms with Gasteiger partial charge in [-0.25, -0.2) is 0 Å². The van der Waals surface area contributed by atoms with E-state index in [-0.39, 0.29) is 23.4 Å². The first kappa shape index (κ1) is 23.1. The van der Waals surface area contributed by atoms with E-state index in [1.807, 2.05) is 13.8 Å². The second kappa shape index (κ2) is 10.0. The molecular weight excluding hydrogens is 408 g/mol. The van der Waals surface area contributed by atoms with Crippen LogP contribution in [0.5, 0.6) is 5.75 Å². The molecule has 1 unspecified atom stereocenters. The normalized spacial score (nSPS) is 12.5. The van der Waals surface area contributed by atoms with Crippen LogP contribution in [0.25, 0.3) is 6.08 Å². The second-order valence-electron chi connectivity index (χ2n) is 6.84. The number of nitro groups is 1. The molecule has 30 heavy (non-hydrogen) atoms. The molecule has 0 aliphatic rings. The minimum Gasteiger partial charge on any atom is -0.383 e. The summed E-state index contributed by atoms with van der Waals surface area (Å²) in [5.41, 5.74) is 1.50. The summed E-state index contributed by atoms with van der Waals surface area (Å²) in [5, 5.41) is 10.7. The second-order valence-corrected chi connectivity index (χ2v) is 8.41. The lowest BCUT2D eigenvalue weighted by Crippen LogP contribution is -2.36. The molecule has 1 amide bonds. The maximum absolute atomic E-state index is 12.8. The van der Waals surface area contributed by atoms with Crippen LogP contribution in [0.4, 0.5) is 5.69 Å². The van der Waals surface area contributed by atoms with Gasteiger partial charge in [-0.05, 0) is 54.8 Å². The van der Waals surface area contributed by atoms with Crippen molar-refractivity contribution in [3.05, 3.63) is 75.8 Å². The molecular formula is C21H24N2O6S. The van der Waals surface area contributed by atoms with Gasteiger partial charge in [0, 0.05) is 30.8 Å². The first-order valence-corrected chi connectivity index (χ1v) is 11.1. The highest BCUT2D eigenvalue weighted by molar-refractivity contribution is 7.86. The monoisotopic (exact) mass is 432 g/mol. The summed E-state index contributed by atoms with van der Waals surface area (Å²) >= 11 is 0. The Labute approximate surface area is 176 Å². The van der Waals surface area contributed by atoms with Crippen molar-refractivity contribution < 1.29 is 22.3 Å². The van der Waals surface area contributed by atoms with Crippen LogP contribution in [0.3, 0.4) is 0 Å². The number of non-ortho nitro benzene ring substituents is 1. The topological polar surface area (TPSA) is 107 Å². The maximum Gasteiger partial charge on any atom is 0.306 e. The number of carbonyl (C=O) groups is 1. The van der Waals surface area contributed by atoms with Crippen molar-refractivity contribution in [1.82, 2.24) is 4.90 Å². The van der Waals surface area contributed by atoms with Crippen molar-refractivity contribution in [2.24, 2.45) is 0 Å². The SMILES string of the molecule is CCC(C)N(Cc1ccc(OS(C)(=O)=O)cc1)C(=O)C=Cc1ccc([N+](=O)[O-])cc1. The number of hydrogen-bond donors (Lipinski definition) is 0. The molecule has 0 aliphatic heterocycles. The summed E-state index contributed by atoms with van der Waals surface area (Å²) in [6.07, 6.45) is 4.78. The van der Waals surface area contributed by atoms with Crippen molar-refractivity contribution in [3.63, 3.8) is 0 Å². The summed E-state index contributed by atoms with van der Waals surface area (Å²) in [4.78, 5) is 24.7. The lowest BCUT2D eigenvalue weighted by molar-refractivity contribution is -0.384. The predicted octanol–water partition coefficient (Wildman–Crippen LogP) is 3.77. The third kappa shape index (κ3) is 7.00. The van der Waals surface area contributed by atoms with E-state index < -0.39 is 15.0 Å². The maximum atomic E-state index is 12.8. The molecule has 0 N–H and O–H groups in total. The average Bonchev–Trinajstić information content (AvgIpc) is 2.70. The quantitative estimate of drug-likeness (QED) is 0.258. The third-order valence-corrected chi connectivity index (χ3v) is 4.95. The van der Waals surface area contributed by atoms with Gasteiger partial charge < -0.3 is 9.08 Å². The van der Waals surface area contributed by atoms with Gasteiger partial charge in [-0.3, -0.25) is 14.9 Å². The number of nitro benzene ring substituents is 1. The highest BCUT2D eigenvalue weighted by atomic mass is 32.2. The molecule has 0 saturated carbocycles. The van der Waals surface area contributed by atoms with Crippen LogP contribution < -0.4 is 4.18 Å². The zero-order chi connectivity index (χ0) is 22.3. The minimum absolute atomic E-state index is 0.0111. The Morgan fingerprint density at radius 1 is 1.17 bits per heavy atom. The van der Waals surface area contributed by atoms with Gasteiger partial charge in [-0.1, -0.05) is 19.1 Å². The van der Waals surface area contributed by atoms with E-state index in [1.165, 1.54) is 18.2 Å². The summed E-state index contributed by atoms with van der Waals surface area (Å²) < 4.78 is 27.2. The predicted molar refractivity (Wildman–Crippen MR) is 114 cm³/mol. The summed E-state index contributed by atoms with van der Waals surface area (Å²) in [7, 11) is -3.60. The van der Waals surface area contributed by atoms with E-state index in [4.69, 9.17) is 4.18 Å². The highest BCUT2D eigenvalue weighted by Crippen LogP contribution is 2.18. The molecule has 160 valence electrons. The van der Waals surface area contributed by atoms with Crippen molar-refractivity contribution in [2.75, 3.05) is 6.26 Å². The number of amides is 1. The average molecular weight is 432 g/mol. The van der Waals surface area contributed by atoms with Crippen LogP contribution in [0.2, 0.25) is 0 Å². The van der Waals surface area contributed by atoms with Gasteiger partial charge >= 0.3 is 10.1 Å². The first-order chi connectivity index (χ1) is 14.1. The lowest BCUT2D eigenvalue weighted by atomic mass is 10.1. The highest BCUT2D eigenvalue weighted by Gasteiger charge is 2.17. The van der Waals surface area contributed by atoms with Crippen LogP contribution in [-0.4, -0.2) is 36.4 Å². The molecule has 0 fully saturated rings. The van der Waals surface area contributed by atoms with Crippen molar-refractivity contribution in [2.45, 2.75) is 32.9 Å². The lowest BCUT2D eigenvalue weighted by Gasteiger charge is -2.27. The molecule has 0 bridgehead atoms. The Bertz CT molecular complexity index is 1010. The van der Waals surface area contributed by atoms with E-state index in [0.29, 0.717) is 12.1 Å². The number of hydrogen-bond acceptors (Lipinski definition) is 6. The van der Waals surface area contributed by atoms with Crippen LogP contribution in [0.1, 0.15) is 31.4 Å². The zero-order valence-electron chi connectivity index (χ0n) is 17.0. The first-order valence-electron chi connectivity index (χ1n) is 9.30. The molecule has 0 saturated heterocycles. The third-order valence-electron chi connectivity index (χ3n) is 4.45. The van der Waals surface area contributed by atoms with Gasteiger partial charge in [0.2, 0.25) is 5.91 Å². The van der Waals surface area contributed by atoms with Gasteiger partial charge in [0.1, 0.15) is 5.75 Å². The molecule has 2 aromatic rings. The fourth-order valence-corrected chi connectivity index (χ4v) is 3.12. The smallest absolute Gasteiger partial charge is 0.306 e. The van der Waals surface area contributed by atoms with Gasteiger partial charge in [0.25, 0.3) is 5.69 Å². The minimum atomic E-state index is -3.60. The molecule has 0 radical (unpaired) electrons. The van der Waals surface area contributed by atoms with E-state index in [2.05, 4.69) is 0 Å². The number of benzene rings is 2.